The normalized spacial score (nSPS) is 10.8. The van der Waals surface area contributed by atoms with Crippen molar-refractivity contribution in [1.29, 1.82) is 0 Å². The van der Waals surface area contributed by atoms with Crippen molar-refractivity contribution in [3.8, 4) is 11.1 Å². The average molecular weight is 369 g/mol. The Kier molecular flexibility index (Phi) is 4.68. The van der Waals surface area contributed by atoms with Gasteiger partial charge < -0.3 is 10.6 Å². The molecule has 0 bridgehead atoms. The molecule has 0 saturated carbocycles. The summed E-state index contributed by atoms with van der Waals surface area (Å²) < 4.78 is 0. The van der Waals surface area contributed by atoms with Crippen LogP contribution in [-0.2, 0) is 6.54 Å². The summed E-state index contributed by atoms with van der Waals surface area (Å²) >= 11 is 0. The Morgan fingerprint density at radius 1 is 1.00 bits per heavy atom. The lowest BCUT2D eigenvalue weighted by atomic mass is 10.0. The smallest absolute Gasteiger partial charge is 0.273 e. The van der Waals surface area contributed by atoms with Crippen LogP contribution in [0.5, 0.6) is 0 Å². The van der Waals surface area contributed by atoms with Gasteiger partial charge in [-0.3, -0.25) is 9.78 Å². The van der Waals surface area contributed by atoms with Gasteiger partial charge in [-0.25, -0.2) is 9.97 Å². The maximum Gasteiger partial charge on any atom is 0.273 e. The van der Waals surface area contributed by atoms with Crippen LogP contribution >= 0.6 is 0 Å². The summed E-state index contributed by atoms with van der Waals surface area (Å²) in [6.07, 6.45) is 3.56. The van der Waals surface area contributed by atoms with Crippen molar-refractivity contribution in [3.63, 3.8) is 0 Å². The lowest BCUT2D eigenvalue weighted by molar-refractivity contribution is 0.0781. The number of carbonyl (C=O) groups excluding carboxylic acids is 1. The molecule has 0 unspecified atom stereocenters. The summed E-state index contributed by atoms with van der Waals surface area (Å²) in [5.74, 6) is -0.113. The molecule has 6 nitrogen and oxygen atoms in total. The highest BCUT2D eigenvalue weighted by Gasteiger charge is 2.19. The van der Waals surface area contributed by atoms with E-state index in [2.05, 4.69) is 15.0 Å². The van der Waals surface area contributed by atoms with Gasteiger partial charge in [0.15, 0.2) is 0 Å². The minimum atomic E-state index is -0.203. The fourth-order valence-corrected chi connectivity index (χ4v) is 3.23. The van der Waals surface area contributed by atoms with Gasteiger partial charge in [0.2, 0.25) is 5.95 Å². The van der Waals surface area contributed by atoms with Crippen LogP contribution in [0.2, 0.25) is 0 Å². The number of carbonyl (C=O) groups is 1. The molecule has 0 aliphatic rings. The molecule has 2 heterocycles. The number of nitrogens with two attached hydrogens (primary N) is 1. The number of benzene rings is 2. The highest BCUT2D eigenvalue weighted by Crippen LogP contribution is 2.25. The first kappa shape index (κ1) is 17.6. The van der Waals surface area contributed by atoms with E-state index in [1.54, 1.807) is 18.1 Å². The van der Waals surface area contributed by atoms with Crippen molar-refractivity contribution in [2.45, 2.75) is 6.54 Å². The summed E-state index contributed by atoms with van der Waals surface area (Å²) in [7, 11) is 1.76. The number of amides is 1. The standard InChI is InChI=1S/C22H19N5O/c1-27(14-16-7-2-3-9-17(16)15-8-6-12-24-13-15)21(28)20-18-10-4-5-11-19(18)25-22(23)26-20/h2-13H,14H2,1H3,(H2,23,25,26). The predicted molar refractivity (Wildman–Crippen MR) is 109 cm³/mol. The van der Waals surface area contributed by atoms with E-state index in [0.29, 0.717) is 23.1 Å². The molecule has 2 aromatic heterocycles. The maximum atomic E-state index is 13.1. The maximum absolute atomic E-state index is 13.1. The molecule has 0 aliphatic carbocycles. The third kappa shape index (κ3) is 3.40. The highest BCUT2D eigenvalue weighted by molar-refractivity contribution is 6.04. The van der Waals surface area contributed by atoms with Gasteiger partial charge >= 0.3 is 0 Å². The Balaban J connectivity index is 1.67. The number of nitrogen functional groups attached to an aromatic ring is 1. The van der Waals surface area contributed by atoms with Crippen LogP contribution in [0.1, 0.15) is 16.1 Å². The zero-order valence-corrected chi connectivity index (χ0v) is 15.4. The average Bonchev–Trinajstić information content (AvgIpc) is 2.73. The van der Waals surface area contributed by atoms with Gasteiger partial charge in [-0.05, 0) is 23.3 Å². The Labute approximate surface area is 162 Å². The molecule has 0 spiro atoms. The summed E-state index contributed by atoms with van der Waals surface area (Å²) in [5, 5.41) is 0.689. The summed E-state index contributed by atoms with van der Waals surface area (Å²) in [6, 6.07) is 19.3. The van der Waals surface area contributed by atoms with Crippen molar-refractivity contribution in [2.75, 3.05) is 12.8 Å². The summed E-state index contributed by atoms with van der Waals surface area (Å²) in [6.45, 7) is 0.433. The fourth-order valence-electron chi connectivity index (χ4n) is 3.23. The summed E-state index contributed by atoms with van der Waals surface area (Å²) in [5.41, 5.74) is 9.86. The molecule has 0 fully saturated rings. The minimum absolute atomic E-state index is 0.0891. The van der Waals surface area contributed by atoms with Crippen molar-refractivity contribution >= 4 is 22.8 Å². The van der Waals surface area contributed by atoms with E-state index in [-0.39, 0.29) is 11.9 Å². The van der Waals surface area contributed by atoms with Gasteiger partial charge in [0.25, 0.3) is 5.91 Å². The van der Waals surface area contributed by atoms with E-state index in [1.165, 1.54) is 0 Å². The van der Waals surface area contributed by atoms with Crippen molar-refractivity contribution in [2.24, 2.45) is 0 Å². The number of hydrogen-bond donors (Lipinski definition) is 1. The van der Waals surface area contributed by atoms with Crippen LogP contribution in [0.15, 0.2) is 73.1 Å². The van der Waals surface area contributed by atoms with Crippen LogP contribution in [-0.4, -0.2) is 32.8 Å². The first-order valence-electron chi connectivity index (χ1n) is 8.89. The monoisotopic (exact) mass is 369 g/mol. The van der Waals surface area contributed by atoms with E-state index in [0.717, 1.165) is 16.7 Å². The van der Waals surface area contributed by atoms with Crippen molar-refractivity contribution < 1.29 is 4.79 Å². The minimum Gasteiger partial charge on any atom is -0.368 e. The van der Waals surface area contributed by atoms with E-state index in [1.807, 2.05) is 66.9 Å². The van der Waals surface area contributed by atoms with Crippen LogP contribution in [0, 0.1) is 0 Å². The molecule has 4 rings (SSSR count). The SMILES string of the molecule is CN(Cc1ccccc1-c1cccnc1)C(=O)c1nc(N)nc2ccccc12. The Morgan fingerprint density at radius 2 is 1.79 bits per heavy atom. The second-order valence-electron chi connectivity index (χ2n) is 6.51. The molecule has 0 aliphatic heterocycles. The number of nitrogens with zero attached hydrogens (tertiary/aromatic N) is 4. The van der Waals surface area contributed by atoms with Gasteiger partial charge in [-0.2, -0.15) is 0 Å². The highest BCUT2D eigenvalue weighted by atomic mass is 16.2. The fraction of sp³-hybridized carbons (Fsp3) is 0.0909. The van der Waals surface area contributed by atoms with E-state index in [9.17, 15) is 4.79 Å². The van der Waals surface area contributed by atoms with Crippen LogP contribution in [0.4, 0.5) is 5.95 Å². The number of rotatable bonds is 4. The van der Waals surface area contributed by atoms with E-state index < -0.39 is 0 Å². The van der Waals surface area contributed by atoms with Crippen LogP contribution in [0.25, 0.3) is 22.0 Å². The number of aromatic nitrogens is 3. The Bertz CT molecular complexity index is 1140. The third-order valence-corrected chi connectivity index (χ3v) is 4.57. The molecule has 6 heteroatoms. The molecule has 0 atom stereocenters. The second kappa shape index (κ2) is 7.44. The molecule has 1 amide bonds. The molecular formula is C22H19N5O. The lowest BCUT2D eigenvalue weighted by Crippen LogP contribution is -2.28. The van der Waals surface area contributed by atoms with Gasteiger partial charge in [-0.1, -0.05) is 48.5 Å². The van der Waals surface area contributed by atoms with Crippen LogP contribution in [0.3, 0.4) is 0 Å². The number of pyridine rings is 1. The number of hydrogen-bond acceptors (Lipinski definition) is 5. The summed E-state index contributed by atoms with van der Waals surface area (Å²) in [4.78, 5) is 27.4. The molecule has 2 aromatic carbocycles. The van der Waals surface area contributed by atoms with Gasteiger partial charge in [0.05, 0.1) is 5.52 Å². The molecule has 4 aromatic rings. The van der Waals surface area contributed by atoms with Crippen LogP contribution < -0.4 is 5.73 Å². The molecule has 28 heavy (non-hydrogen) atoms. The first-order valence-corrected chi connectivity index (χ1v) is 8.89. The zero-order chi connectivity index (χ0) is 19.5. The lowest BCUT2D eigenvalue weighted by Gasteiger charge is -2.20. The molecular weight excluding hydrogens is 350 g/mol. The van der Waals surface area contributed by atoms with Crippen molar-refractivity contribution in [1.82, 2.24) is 19.9 Å². The number of fused-ring (bicyclic) bond motifs is 1. The molecule has 138 valence electrons. The van der Waals surface area contributed by atoms with E-state index in [4.69, 9.17) is 5.73 Å². The zero-order valence-electron chi connectivity index (χ0n) is 15.4. The molecule has 2 N–H and O–H groups in total. The molecule has 0 saturated heterocycles. The predicted octanol–water partition coefficient (Wildman–Crippen LogP) is 3.55. The first-order chi connectivity index (χ1) is 13.6. The Hall–Kier alpha value is -3.80. The Morgan fingerprint density at radius 3 is 2.61 bits per heavy atom. The molecule has 0 radical (unpaired) electrons. The van der Waals surface area contributed by atoms with Gasteiger partial charge in [-0.15, -0.1) is 0 Å². The topological polar surface area (TPSA) is 85.0 Å². The quantitative estimate of drug-likeness (QED) is 0.595. The van der Waals surface area contributed by atoms with Gasteiger partial charge in [0.1, 0.15) is 5.69 Å². The second-order valence-corrected chi connectivity index (χ2v) is 6.51. The third-order valence-electron chi connectivity index (χ3n) is 4.57. The number of para-hydroxylation sites is 1. The largest absolute Gasteiger partial charge is 0.368 e. The van der Waals surface area contributed by atoms with Crippen molar-refractivity contribution in [3.05, 3.63) is 84.3 Å². The number of anilines is 1. The van der Waals surface area contributed by atoms with Gasteiger partial charge in [0, 0.05) is 36.9 Å². The van der Waals surface area contributed by atoms with E-state index >= 15 is 0 Å².